The molecule has 0 fully saturated rings. The first-order valence-corrected chi connectivity index (χ1v) is 11.8. The largest absolute Gasteiger partial charge is 0.573 e. The molecule has 0 atom stereocenters. The van der Waals surface area contributed by atoms with Gasteiger partial charge in [-0.05, 0) is 55.5 Å². The van der Waals surface area contributed by atoms with E-state index in [0.29, 0.717) is 34.6 Å². The maximum Gasteiger partial charge on any atom is 0.573 e. The SMILES string of the molecule is CCOc1ccccc1-n1c(SCC(=O)Nc2ccc(OC(F)(F)F)cc2)nc2ccccc2c1=O. The number of thioether (sulfide) groups is 1. The molecule has 0 spiro atoms. The summed E-state index contributed by atoms with van der Waals surface area (Å²) in [5, 5.41) is 3.31. The number of ether oxygens (including phenoxy) is 2. The van der Waals surface area contributed by atoms with Crippen LogP contribution in [-0.4, -0.2) is 34.2 Å². The molecule has 1 heterocycles. The number of alkyl halides is 3. The van der Waals surface area contributed by atoms with E-state index in [1.54, 1.807) is 48.5 Å². The van der Waals surface area contributed by atoms with E-state index in [1.807, 2.05) is 6.92 Å². The average molecular weight is 516 g/mol. The number of benzene rings is 3. The third-order valence-corrected chi connectivity index (χ3v) is 5.79. The summed E-state index contributed by atoms with van der Waals surface area (Å²) in [7, 11) is 0. The zero-order valence-electron chi connectivity index (χ0n) is 18.9. The first kappa shape index (κ1) is 25.1. The molecule has 0 saturated carbocycles. The molecule has 0 aliphatic heterocycles. The number of rotatable bonds is 8. The van der Waals surface area contributed by atoms with Crippen LogP contribution in [0, 0.1) is 0 Å². The summed E-state index contributed by atoms with van der Waals surface area (Å²) in [6.45, 7) is 2.23. The van der Waals surface area contributed by atoms with E-state index in [9.17, 15) is 22.8 Å². The van der Waals surface area contributed by atoms with Crippen LogP contribution in [0.4, 0.5) is 18.9 Å². The Morgan fingerprint density at radius 2 is 1.72 bits per heavy atom. The van der Waals surface area contributed by atoms with E-state index < -0.39 is 18.0 Å². The van der Waals surface area contributed by atoms with Gasteiger partial charge in [0.1, 0.15) is 11.5 Å². The number of nitrogens with zero attached hydrogens (tertiary/aromatic N) is 2. The highest BCUT2D eigenvalue weighted by Crippen LogP contribution is 2.28. The Labute approximate surface area is 207 Å². The van der Waals surface area contributed by atoms with Crippen LogP contribution in [0.15, 0.2) is 82.7 Å². The second-order valence-corrected chi connectivity index (χ2v) is 8.30. The number of anilines is 1. The number of amides is 1. The van der Waals surface area contributed by atoms with Gasteiger partial charge in [0.05, 0.1) is 29.0 Å². The van der Waals surface area contributed by atoms with Gasteiger partial charge in [-0.15, -0.1) is 13.2 Å². The fourth-order valence-corrected chi connectivity index (χ4v) is 4.21. The maximum absolute atomic E-state index is 13.4. The molecule has 1 N–H and O–H groups in total. The number of halogens is 3. The van der Waals surface area contributed by atoms with Crippen molar-refractivity contribution in [2.75, 3.05) is 17.7 Å². The van der Waals surface area contributed by atoms with Crippen molar-refractivity contribution < 1.29 is 27.4 Å². The van der Waals surface area contributed by atoms with Crippen molar-refractivity contribution in [2.24, 2.45) is 0 Å². The van der Waals surface area contributed by atoms with Crippen LogP contribution in [0.2, 0.25) is 0 Å². The number of carbonyl (C=O) groups is 1. The lowest BCUT2D eigenvalue weighted by Gasteiger charge is -2.16. The number of carbonyl (C=O) groups excluding carboxylic acids is 1. The summed E-state index contributed by atoms with van der Waals surface area (Å²) in [6, 6.07) is 18.7. The molecule has 0 radical (unpaired) electrons. The normalized spacial score (nSPS) is 11.3. The van der Waals surface area contributed by atoms with Crippen LogP contribution in [0.5, 0.6) is 11.5 Å². The summed E-state index contributed by atoms with van der Waals surface area (Å²) in [6.07, 6.45) is -4.80. The fourth-order valence-electron chi connectivity index (χ4n) is 3.41. The fraction of sp³-hybridized carbons (Fsp3) is 0.160. The zero-order valence-corrected chi connectivity index (χ0v) is 19.7. The summed E-state index contributed by atoms with van der Waals surface area (Å²) in [5.74, 6) is -0.446. The van der Waals surface area contributed by atoms with Gasteiger partial charge in [0.15, 0.2) is 5.16 Å². The molecule has 0 saturated heterocycles. The van der Waals surface area contributed by atoms with Gasteiger partial charge < -0.3 is 14.8 Å². The molecule has 186 valence electrons. The zero-order chi connectivity index (χ0) is 25.7. The number of aromatic nitrogens is 2. The Bertz CT molecular complexity index is 1440. The van der Waals surface area contributed by atoms with Crippen molar-refractivity contribution in [1.29, 1.82) is 0 Å². The van der Waals surface area contributed by atoms with Gasteiger partial charge in [-0.3, -0.25) is 14.2 Å². The summed E-state index contributed by atoms with van der Waals surface area (Å²) >= 11 is 1.05. The minimum Gasteiger partial charge on any atom is -0.492 e. The van der Waals surface area contributed by atoms with Gasteiger partial charge >= 0.3 is 6.36 Å². The molecule has 36 heavy (non-hydrogen) atoms. The molecule has 0 bridgehead atoms. The molecule has 0 aliphatic rings. The minimum atomic E-state index is -4.80. The van der Waals surface area contributed by atoms with E-state index in [0.717, 1.165) is 23.9 Å². The Morgan fingerprint density at radius 1 is 1.03 bits per heavy atom. The number of hydrogen-bond donors (Lipinski definition) is 1. The highest BCUT2D eigenvalue weighted by atomic mass is 32.2. The topological polar surface area (TPSA) is 82.4 Å². The third-order valence-electron chi connectivity index (χ3n) is 4.85. The Morgan fingerprint density at radius 3 is 2.44 bits per heavy atom. The van der Waals surface area contributed by atoms with Crippen molar-refractivity contribution in [3.8, 4) is 17.2 Å². The first-order valence-electron chi connectivity index (χ1n) is 10.8. The van der Waals surface area contributed by atoms with E-state index in [2.05, 4.69) is 15.0 Å². The molecule has 4 aromatic rings. The Hall–Kier alpha value is -3.99. The van der Waals surface area contributed by atoms with Gasteiger partial charge in [-0.1, -0.05) is 36.0 Å². The van der Waals surface area contributed by atoms with Gasteiger partial charge in [0.25, 0.3) is 5.56 Å². The van der Waals surface area contributed by atoms with Crippen LogP contribution in [0.25, 0.3) is 16.6 Å². The van der Waals surface area contributed by atoms with Gasteiger partial charge in [-0.25, -0.2) is 4.98 Å². The second-order valence-electron chi connectivity index (χ2n) is 7.36. The summed E-state index contributed by atoms with van der Waals surface area (Å²) in [4.78, 5) is 30.6. The van der Waals surface area contributed by atoms with Gasteiger partial charge in [0, 0.05) is 5.69 Å². The summed E-state index contributed by atoms with van der Waals surface area (Å²) in [5.41, 5.74) is 0.957. The molecule has 11 heteroatoms. The van der Waals surface area contributed by atoms with Crippen molar-refractivity contribution in [3.63, 3.8) is 0 Å². The van der Waals surface area contributed by atoms with Crippen molar-refractivity contribution >= 4 is 34.3 Å². The van der Waals surface area contributed by atoms with Crippen molar-refractivity contribution in [3.05, 3.63) is 83.2 Å². The van der Waals surface area contributed by atoms with E-state index in [1.165, 1.54) is 16.7 Å². The maximum atomic E-state index is 13.4. The first-order chi connectivity index (χ1) is 17.2. The van der Waals surface area contributed by atoms with E-state index in [-0.39, 0.29) is 16.5 Å². The van der Waals surface area contributed by atoms with Crippen LogP contribution >= 0.6 is 11.8 Å². The lowest BCUT2D eigenvalue weighted by molar-refractivity contribution is -0.274. The monoisotopic (exact) mass is 515 g/mol. The number of nitrogens with one attached hydrogen (secondary N) is 1. The Balaban J connectivity index is 1.59. The Kier molecular flexibility index (Phi) is 7.49. The van der Waals surface area contributed by atoms with Gasteiger partial charge in [-0.2, -0.15) is 0 Å². The van der Waals surface area contributed by atoms with Crippen LogP contribution in [-0.2, 0) is 4.79 Å². The predicted octanol–water partition coefficient (Wildman–Crippen LogP) is 5.41. The molecule has 7 nitrogen and oxygen atoms in total. The highest BCUT2D eigenvalue weighted by molar-refractivity contribution is 7.99. The van der Waals surface area contributed by atoms with E-state index in [4.69, 9.17) is 4.74 Å². The number of para-hydroxylation sites is 3. The predicted molar refractivity (Wildman–Crippen MR) is 131 cm³/mol. The van der Waals surface area contributed by atoms with Crippen LogP contribution < -0.4 is 20.3 Å². The van der Waals surface area contributed by atoms with Crippen molar-refractivity contribution in [2.45, 2.75) is 18.4 Å². The molecule has 4 rings (SSSR count). The van der Waals surface area contributed by atoms with Crippen LogP contribution in [0.1, 0.15) is 6.92 Å². The molecule has 3 aromatic carbocycles. The molecular formula is C25H20F3N3O4S. The molecule has 0 aliphatic carbocycles. The number of fused-ring (bicyclic) bond motifs is 1. The van der Waals surface area contributed by atoms with Crippen molar-refractivity contribution in [1.82, 2.24) is 9.55 Å². The molecule has 0 unspecified atom stereocenters. The second kappa shape index (κ2) is 10.7. The summed E-state index contributed by atoms with van der Waals surface area (Å²) < 4.78 is 47.9. The highest BCUT2D eigenvalue weighted by Gasteiger charge is 2.31. The van der Waals surface area contributed by atoms with Crippen LogP contribution in [0.3, 0.4) is 0 Å². The number of hydrogen-bond acceptors (Lipinski definition) is 6. The smallest absolute Gasteiger partial charge is 0.492 e. The molecule has 1 aromatic heterocycles. The third kappa shape index (κ3) is 5.98. The van der Waals surface area contributed by atoms with E-state index >= 15 is 0 Å². The molecular weight excluding hydrogens is 495 g/mol. The lowest BCUT2D eigenvalue weighted by atomic mass is 10.2. The van der Waals surface area contributed by atoms with Gasteiger partial charge in [0.2, 0.25) is 5.91 Å². The molecule has 1 amide bonds. The quantitative estimate of drug-likeness (QED) is 0.250. The lowest BCUT2D eigenvalue weighted by Crippen LogP contribution is -2.23. The standard InChI is InChI=1S/C25H20F3N3O4S/c1-2-34-21-10-6-5-9-20(21)31-23(33)18-7-3-4-8-19(18)30-24(31)36-15-22(32)29-16-11-13-17(14-12-16)35-25(26,27)28/h3-14H,2,15H2,1H3,(H,29,32). The minimum absolute atomic E-state index is 0.109. The average Bonchev–Trinajstić information content (AvgIpc) is 2.84.